The maximum absolute atomic E-state index is 13.0. The van der Waals surface area contributed by atoms with Gasteiger partial charge in [-0.25, -0.2) is 4.79 Å². The van der Waals surface area contributed by atoms with E-state index in [1.807, 2.05) is 6.92 Å². The molecular formula is C23H25N3O4. The number of carbonyl (C=O) groups excluding carboxylic acids is 2. The standard InChI is InChI=1S/C23H25N3O4/c1-3-4-13-25-22(29)19-7-5-6-8-20(19)26(23(25)30)15-21(28)24-18-11-9-17(10-12-18)14-16(2)27/h5-12H,3-4,13-15H2,1-2H3,(H,24,28). The van der Waals surface area contributed by atoms with E-state index in [2.05, 4.69) is 5.32 Å². The summed E-state index contributed by atoms with van der Waals surface area (Å²) in [5.74, 6) is -0.307. The zero-order chi connectivity index (χ0) is 21.7. The molecule has 1 N–H and O–H groups in total. The molecule has 7 nitrogen and oxygen atoms in total. The molecule has 3 aromatic rings. The van der Waals surface area contributed by atoms with Crippen LogP contribution in [0.25, 0.3) is 10.9 Å². The molecule has 0 bridgehead atoms. The van der Waals surface area contributed by atoms with Crippen molar-refractivity contribution in [3.05, 3.63) is 74.9 Å². The quantitative estimate of drug-likeness (QED) is 0.622. The fourth-order valence-electron chi connectivity index (χ4n) is 3.37. The Morgan fingerprint density at radius 2 is 1.67 bits per heavy atom. The highest BCUT2D eigenvalue weighted by atomic mass is 16.2. The lowest BCUT2D eigenvalue weighted by atomic mass is 10.1. The van der Waals surface area contributed by atoms with Gasteiger partial charge >= 0.3 is 5.69 Å². The number of amides is 1. The molecule has 0 saturated heterocycles. The van der Waals surface area contributed by atoms with Gasteiger partial charge in [-0.2, -0.15) is 0 Å². The van der Waals surface area contributed by atoms with E-state index < -0.39 is 5.69 Å². The largest absolute Gasteiger partial charge is 0.331 e. The normalized spacial score (nSPS) is 10.9. The van der Waals surface area contributed by atoms with Crippen LogP contribution in [0.4, 0.5) is 5.69 Å². The van der Waals surface area contributed by atoms with Gasteiger partial charge in [-0.05, 0) is 43.2 Å². The summed E-state index contributed by atoms with van der Waals surface area (Å²) in [4.78, 5) is 49.5. The van der Waals surface area contributed by atoms with Gasteiger partial charge in [0.05, 0.1) is 10.9 Å². The van der Waals surface area contributed by atoms with Crippen LogP contribution >= 0.6 is 0 Å². The first kappa shape index (κ1) is 21.2. The summed E-state index contributed by atoms with van der Waals surface area (Å²) in [6.45, 7) is 3.62. The lowest BCUT2D eigenvalue weighted by Crippen LogP contribution is -2.41. The highest BCUT2D eigenvalue weighted by Gasteiger charge is 2.15. The molecule has 1 amide bonds. The average molecular weight is 407 g/mol. The van der Waals surface area contributed by atoms with E-state index in [9.17, 15) is 19.2 Å². The number of aromatic nitrogens is 2. The molecule has 156 valence electrons. The topological polar surface area (TPSA) is 90.2 Å². The van der Waals surface area contributed by atoms with Crippen molar-refractivity contribution < 1.29 is 9.59 Å². The van der Waals surface area contributed by atoms with Gasteiger partial charge in [-0.15, -0.1) is 0 Å². The van der Waals surface area contributed by atoms with E-state index in [0.717, 1.165) is 12.0 Å². The molecule has 3 rings (SSSR count). The van der Waals surface area contributed by atoms with Gasteiger partial charge in [-0.1, -0.05) is 37.6 Å². The summed E-state index contributed by atoms with van der Waals surface area (Å²) in [6.07, 6.45) is 1.89. The molecule has 1 heterocycles. The van der Waals surface area contributed by atoms with Crippen LogP contribution in [0, 0.1) is 0 Å². The minimum absolute atomic E-state index is 0.0660. The van der Waals surface area contributed by atoms with E-state index in [4.69, 9.17) is 0 Å². The van der Waals surface area contributed by atoms with Crippen molar-refractivity contribution in [1.29, 1.82) is 0 Å². The molecule has 0 radical (unpaired) electrons. The Labute approximate surface area is 174 Å². The molecule has 0 aliphatic heterocycles. The second kappa shape index (κ2) is 9.35. The summed E-state index contributed by atoms with van der Waals surface area (Å²) in [5.41, 5.74) is 1.06. The Kier molecular flexibility index (Phi) is 6.61. The number of rotatable bonds is 8. The number of carbonyl (C=O) groups is 2. The Morgan fingerprint density at radius 1 is 0.967 bits per heavy atom. The van der Waals surface area contributed by atoms with Crippen molar-refractivity contribution in [3.63, 3.8) is 0 Å². The van der Waals surface area contributed by atoms with E-state index in [1.54, 1.807) is 48.5 Å². The van der Waals surface area contributed by atoms with Crippen molar-refractivity contribution in [2.45, 2.75) is 46.2 Å². The van der Waals surface area contributed by atoms with Crippen LogP contribution in [0.2, 0.25) is 0 Å². The fraction of sp³-hybridized carbons (Fsp3) is 0.304. The molecular weight excluding hydrogens is 382 g/mol. The van der Waals surface area contributed by atoms with E-state index >= 15 is 0 Å². The van der Waals surface area contributed by atoms with Crippen LogP contribution in [0.3, 0.4) is 0 Å². The van der Waals surface area contributed by atoms with Crippen LogP contribution < -0.4 is 16.6 Å². The van der Waals surface area contributed by atoms with Gasteiger partial charge in [0.1, 0.15) is 12.3 Å². The number of benzene rings is 2. The number of nitrogens with zero attached hydrogens (tertiary/aromatic N) is 2. The number of hydrogen-bond acceptors (Lipinski definition) is 4. The van der Waals surface area contributed by atoms with Crippen LogP contribution in [-0.4, -0.2) is 20.8 Å². The smallest absolute Gasteiger partial charge is 0.325 e. The Morgan fingerprint density at radius 3 is 2.33 bits per heavy atom. The first-order valence-corrected chi connectivity index (χ1v) is 10.0. The van der Waals surface area contributed by atoms with Gasteiger partial charge in [0, 0.05) is 18.7 Å². The van der Waals surface area contributed by atoms with Gasteiger partial charge in [0.2, 0.25) is 5.91 Å². The predicted octanol–water partition coefficient (Wildman–Crippen LogP) is 2.73. The third-order valence-corrected chi connectivity index (χ3v) is 4.86. The first-order chi connectivity index (χ1) is 14.4. The highest BCUT2D eigenvalue weighted by molar-refractivity contribution is 5.91. The van der Waals surface area contributed by atoms with E-state index in [1.165, 1.54) is 16.1 Å². The van der Waals surface area contributed by atoms with Gasteiger partial charge < -0.3 is 5.32 Å². The number of Topliss-reactive ketones (excluding diaryl/α,β-unsaturated/α-hetero) is 1. The van der Waals surface area contributed by atoms with Crippen LogP contribution in [0.15, 0.2) is 58.1 Å². The van der Waals surface area contributed by atoms with Crippen LogP contribution in [0.1, 0.15) is 32.3 Å². The lowest BCUT2D eigenvalue weighted by Gasteiger charge is -2.14. The molecule has 0 atom stereocenters. The number of hydrogen-bond donors (Lipinski definition) is 1. The number of nitrogens with one attached hydrogen (secondary N) is 1. The number of para-hydroxylation sites is 1. The van der Waals surface area contributed by atoms with Gasteiger partial charge in [-0.3, -0.25) is 23.5 Å². The summed E-state index contributed by atoms with van der Waals surface area (Å²) in [7, 11) is 0. The van der Waals surface area contributed by atoms with Crippen LogP contribution in [-0.2, 0) is 29.1 Å². The molecule has 0 aliphatic carbocycles. The third-order valence-electron chi connectivity index (χ3n) is 4.86. The number of anilines is 1. The minimum Gasteiger partial charge on any atom is -0.325 e. The van der Waals surface area contributed by atoms with Crippen molar-refractivity contribution in [1.82, 2.24) is 9.13 Å². The van der Waals surface area contributed by atoms with Gasteiger partial charge in [0.25, 0.3) is 5.56 Å². The average Bonchev–Trinajstić information content (AvgIpc) is 2.72. The number of ketones is 1. The maximum Gasteiger partial charge on any atom is 0.331 e. The van der Waals surface area contributed by atoms with E-state index in [0.29, 0.717) is 36.0 Å². The van der Waals surface area contributed by atoms with Crippen molar-refractivity contribution in [2.24, 2.45) is 0 Å². The second-order valence-electron chi connectivity index (χ2n) is 7.32. The first-order valence-electron chi connectivity index (χ1n) is 10.0. The third kappa shape index (κ3) is 4.74. The Balaban J connectivity index is 1.89. The van der Waals surface area contributed by atoms with Crippen molar-refractivity contribution in [2.75, 3.05) is 5.32 Å². The summed E-state index contributed by atoms with van der Waals surface area (Å²) < 4.78 is 2.54. The second-order valence-corrected chi connectivity index (χ2v) is 7.32. The molecule has 0 aliphatic rings. The van der Waals surface area contributed by atoms with Crippen LogP contribution in [0.5, 0.6) is 0 Å². The molecule has 30 heavy (non-hydrogen) atoms. The molecule has 7 heteroatoms. The monoisotopic (exact) mass is 407 g/mol. The molecule has 1 aromatic heterocycles. The molecule has 0 saturated carbocycles. The van der Waals surface area contributed by atoms with Crippen molar-refractivity contribution in [3.8, 4) is 0 Å². The zero-order valence-corrected chi connectivity index (χ0v) is 17.2. The van der Waals surface area contributed by atoms with E-state index in [-0.39, 0.29) is 23.8 Å². The summed E-state index contributed by atoms with van der Waals surface area (Å²) in [5, 5.41) is 3.18. The zero-order valence-electron chi connectivity index (χ0n) is 17.2. The Hall–Kier alpha value is -3.48. The molecule has 2 aromatic carbocycles. The predicted molar refractivity (Wildman–Crippen MR) is 117 cm³/mol. The number of fused-ring (bicyclic) bond motifs is 1. The fourth-order valence-corrected chi connectivity index (χ4v) is 3.37. The Bertz CT molecular complexity index is 1190. The highest BCUT2D eigenvalue weighted by Crippen LogP contribution is 2.12. The SMILES string of the molecule is CCCCn1c(=O)c2ccccc2n(CC(=O)Nc2ccc(CC(C)=O)cc2)c1=O. The van der Waals surface area contributed by atoms with Crippen molar-refractivity contribution >= 4 is 28.3 Å². The summed E-state index contributed by atoms with van der Waals surface area (Å²) >= 11 is 0. The molecule has 0 unspecified atom stereocenters. The molecule has 0 fully saturated rings. The maximum atomic E-state index is 13.0. The molecule has 0 spiro atoms. The van der Waals surface area contributed by atoms with Gasteiger partial charge in [0.15, 0.2) is 0 Å². The lowest BCUT2D eigenvalue weighted by molar-refractivity contribution is -0.117. The summed E-state index contributed by atoms with van der Waals surface area (Å²) in [6, 6.07) is 13.8. The number of unbranched alkanes of at least 4 members (excludes halogenated alkanes) is 1. The minimum atomic E-state index is -0.487.